The number of hydrogen-bond donors (Lipinski definition) is 1. The lowest BCUT2D eigenvalue weighted by atomic mass is 10.1. The molecule has 2 aromatic carbocycles. The number of esters is 1. The fourth-order valence-corrected chi connectivity index (χ4v) is 3.37. The second kappa shape index (κ2) is 9.82. The van der Waals surface area contributed by atoms with Crippen molar-refractivity contribution in [1.29, 1.82) is 0 Å². The second-order valence-corrected chi connectivity index (χ2v) is 7.15. The fourth-order valence-electron chi connectivity index (χ4n) is 3.37. The topological polar surface area (TPSA) is 136 Å². The number of imide groups is 1. The average molecular weight is 439 g/mol. The molecule has 0 saturated heterocycles. The minimum Gasteiger partial charge on any atom is -0.454 e. The molecule has 0 aromatic heterocycles. The highest BCUT2D eigenvalue weighted by atomic mass is 16.6. The maximum Gasteiger partial charge on any atom is 0.329 e. The molecule has 10 heteroatoms. The molecule has 1 atom stereocenters. The van der Waals surface area contributed by atoms with Crippen LogP contribution in [0, 0.1) is 10.1 Å². The van der Waals surface area contributed by atoms with E-state index in [1.807, 2.05) is 6.92 Å². The third-order valence-electron chi connectivity index (χ3n) is 4.93. The monoisotopic (exact) mass is 439 g/mol. The van der Waals surface area contributed by atoms with Gasteiger partial charge in [0.2, 0.25) is 0 Å². The van der Waals surface area contributed by atoms with Crippen molar-refractivity contribution in [2.45, 2.75) is 32.2 Å². The molecule has 1 heterocycles. The number of ether oxygens (including phenoxy) is 1. The number of carbonyl (C=O) groups is 4. The van der Waals surface area contributed by atoms with E-state index >= 15 is 0 Å². The Morgan fingerprint density at radius 2 is 1.75 bits per heavy atom. The van der Waals surface area contributed by atoms with Crippen LogP contribution in [0.2, 0.25) is 0 Å². The number of nitro benzene ring substituents is 1. The number of carbonyl (C=O) groups excluding carboxylic acids is 4. The van der Waals surface area contributed by atoms with Crippen molar-refractivity contribution in [3.63, 3.8) is 0 Å². The molecule has 3 amide bonds. The third-order valence-corrected chi connectivity index (χ3v) is 4.93. The zero-order valence-corrected chi connectivity index (χ0v) is 17.3. The van der Waals surface area contributed by atoms with E-state index in [0.29, 0.717) is 6.42 Å². The van der Waals surface area contributed by atoms with E-state index in [9.17, 15) is 29.3 Å². The van der Waals surface area contributed by atoms with Crippen LogP contribution < -0.4 is 5.32 Å². The number of nitro groups is 1. The minimum absolute atomic E-state index is 0.170. The maximum atomic E-state index is 12.7. The molecule has 0 aliphatic carbocycles. The molecule has 0 spiro atoms. The van der Waals surface area contributed by atoms with Crippen molar-refractivity contribution in [3.05, 3.63) is 69.8 Å². The Morgan fingerprint density at radius 1 is 1.09 bits per heavy atom. The van der Waals surface area contributed by atoms with Gasteiger partial charge >= 0.3 is 5.97 Å². The summed E-state index contributed by atoms with van der Waals surface area (Å²) < 4.78 is 5.09. The van der Waals surface area contributed by atoms with Crippen molar-refractivity contribution in [3.8, 4) is 0 Å². The van der Waals surface area contributed by atoms with E-state index in [2.05, 4.69) is 5.32 Å². The number of nitrogens with zero attached hydrogens (tertiary/aromatic N) is 2. The molecule has 2 aromatic rings. The van der Waals surface area contributed by atoms with Gasteiger partial charge in [-0.05, 0) is 24.6 Å². The highest BCUT2D eigenvalue weighted by Crippen LogP contribution is 2.27. The van der Waals surface area contributed by atoms with Crippen LogP contribution in [0.1, 0.15) is 46.9 Å². The van der Waals surface area contributed by atoms with Gasteiger partial charge in [-0.3, -0.25) is 29.4 Å². The van der Waals surface area contributed by atoms with E-state index in [0.717, 1.165) is 11.3 Å². The van der Waals surface area contributed by atoms with Crippen molar-refractivity contribution in [2.24, 2.45) is 0 Å². The first kappa shape index (κ1) is 22.6. The molecular weight excluding hydrogens is 418 g/mol. The van der Waals surface area contributed by atoms with Crippen LogP contribution in [-0.4, -0.2) is 46.2 Å². The summed E-state index contributed by atoms with van der Waals surface area (Å²) in [6.45, 7) is 1.23. The number of hydrogen-bond acceptors (Lipinski definition) is 7. The standard InChI is InChI=1S/C22H21N3O7/c1-2-3-11-18(24-20(27)16-9-4-5-10-17(16)21(24)28)22(29)32-13-19(26)23-14-7-6-8-15(12-14)25(30)31/h4-10,12,18H,2-3,11,13H2,1H3,(H,23,26)/t18-/m0/s1. The molecule has 10 nitrogen and oxygen atoms in total. The molecule has 0 saturated carbocycles. The van der Waals surface area contributed by atoms with Crippen LogP contribution >= 0.6 is 0 Å². The van der Waals surface area contributed by atoms with Gasteiger partial charge in [0.15, 0.2) is 6.61 Å². The summed E-state index contributed by atoms with van der Waals surface area (Å²) >= 11 is 0. The van der Waals surface area contributed by atoms with Crippen molar-refractivity contribution in [1.82, 2.24) is 4.90 Å². The lowest BCUT2D eigenvalue weighted by Gasteiger charge is -2.24. The lowest BCUT2D eigenvalue weighted by molar-refractivity contribution is -0.384. The Kier molecular flexibility index (Phi) is 6.93. The summed E-state index contributed by atoms with van der Waals surface area (Å²) in [6.07, 6.45) is 1.49. The molecular formula is C22H21N3O7. The van der Waals surface area contributed by atoms with Gasteiger partial charge in [0.25, 0.3) is 23.4 Å². The highest BCUT2D eigenvalue weighted by Gasteiger charge is 2.43. The number of fused-ring (bicyclic) bond motifs is 1. The summed E-state index contributed by atoms with van der Waals surface area (Å²) in [6, 6.07) is 10.4. The number of rotatable bonds is 9. The van der Waals surface area contributed by atoms with Crippen LogP contribution in [0.25, 0.3) is 0 Å². The van der Waals surface area contributed by atoms with Crippen LogP contribution in [0.5, 0.6) is 0 Å². The Hall–Kier alpha value is -4.08. The third kappa shape index (κ3) is 4.80. The maximum absolute atomic E-state index is 12.7. The number of nitrogens with one attached hydrogen (secondary N) is 1. The number of non-ortho nitro benzene ring substituents is 1. The summed E-state index contributed by atoms with van der Waals surface area (Å²) in [4.78, 5) is 61.5. The second-order valence-electron chi connectivity index (χ2n) is 7.15. The molecule has 166 valence electrons. The summed E-state index contributed by atoms with van der Waals surface area (Å²) in [7, 11) is 0. The van der Waals surface area contributed by atoms with Crippen molar-refractivity contribution in [2.75, 3.05) is 11.9 Å². The predicted molar refractivity (Wildman–Crippen MR) is 113 cm³/mol. The summed E-state index contributed by atoms with van der Waals surface area (Å²) in [5, 5.41) is 13.2. The Balaban J connectivity index is 1.67. The van der Waals surface area contributed by atoms with E-state index in [-0.39, 0.29) is 28.9 Å². The first-order chi connectivity index (χ1) is 15.3. The summed E-state index contributed by atoms with van der Waals surface area (Å²) in [5.41, 5.74) is 0.401. The zero-order valence-electron chi connectivity index (χ0n) is 17.3. The SMILES string of the molecule is CCCC[C@@H](C(=O)OCC(=O)Nc1cccc([N+](=O)[O-])c1)N1C(=O)c2ccccc2C1=O. The lowest BCUT2D eigenvalue weighted by Crippen LogP contribution is -2.46. The van der Waals surface area contributed by atoms with Gasteiger partial charge in [-0.15, -0.1) is 0 Å². The van der Waals surface area contributed by atoms with Crippen LogP contribution in [0.4, 0.5) is 11.4 Å². The molecule has 0 bridgehead atoms. The van der Waals surface area contributed by atoms with E-state index in [4.69, 9.17) is 4.74 Å². The van der Waals surface area contributed by atoms with Crippen molar-refractivity contribution >= 4 is 35.1 Å². The number of benzene rings is 2. The normalized spacial score (nSPS) is 13.5. The first-order valence-corrected chi connectivity index (χ1v) is 10.0. The Morgan fingerprint density at radius 3 is 2.34 bits per heavy atom. The van der Waals surface area contributed by atoms with Gasteiger partial charge in [0.05, 0.1) is 16.1 Å². The largest absolute Gasteiger partial charge is 0.454 e. The van der Waals surface area contributed by atoms with Gasteiger partial charge in [-0.25, -0.2) is 4.79 Å². The molecule has 32 heavy (non-hydrogen) atoms. The molecule has 1 aliphatic rings. The van der Waals surface area contributed by atoms with Crippen LogP contribution in [0.3, 0.4) is 0 Å². The molecule has 0 radical (unpaired) electrons. The Labute approximate surface area is 183 Å². The van der Waals surface area contributed by atoms with E-state index in [1.165, 1.54) is 36.4 Å². The van der Waals surface area contributed by atoms with Crippen LogP contribution in [-0.2, 0) is 14.3 Å². The van der Waals surface area contributed by atoms with Gasteiger partial charge in [-0.2, -0.15) is 0 Å². The van der Waals surface area contributed by atoms with Gasteiger partial charge in [0.1, 0.15) is 6.04 Å². The van der Waals surface area contributed by atoms with Gasteiger partial charge in [0, 0.05) is 17.8 Å². The fraction of sp³-hybridized carbons (Fsp3) is 0.273. The summed E-state index contributed by atoms with van der Waals surface area (Å²) in [5.74, 6) is -2.74. The van der Waals surface area contributed by atoms with E-state index in [1.54, 1.807) is 12.1 Å². The number of anilines is 1. The molecule has 0 unspecified atom stereocenters. The smallest absolute Gasteiger partial charge is 0.329 e. The Bertz CT molecular complexity index is 1050. The molecule has 1 N–H and O–H groups in total. The minimum atomic E-state index is -1.16. The zero-order chi connectivity index (χ0) is 23.3. The molecule has 1 aliphatic heterocycles. The predicted octanol–water partition coefficient (Wildman–Crippen LogP) is 2.93. The van der Waals surface area contributed by atoms with E-state index < -0.39 is 41.3 Å². The van der Waals surface area contributed by atoms with Crippen LogP contribution in [0.15, 0.2) is 48.5 Å². The van der Waals surface area contributed by atoms with Gasteiger partial charge in [-0.1, -0.05) is 38.0 Å². The quantitative estimate of drug-likeness (QED) is 0.275. The molecule has 3 rings (SSSR count). The number of amides is 3. The van der Waals surface area contributed by atoms with Gasteiger partial charge < -0.3 is 10.1 Å². The number of unbranched alkanes of at least 4 members (excludes halogenated alkanes) is 1. The average Bonchev–Trinajstić information content (AvgIpc) is 3.03. The highest BCUT2D eigenvalue weighted by molar-refractivity contribution is 6.22. The molecule has 0 fully saturated rings. The first-order valence-electron chi connectivity index (χ1n) is 10.0. The van der Waals surface area contributed by atoms with Crippen molar-refractivity contribution < 1.29 is 28.8 Å².